The van der Waals surface area contributed by atoms with Crippen molar-refractivity contribution in [2.45, 2.75) is 0 Å². The highest BCUT2D eigenvalue weighted by Crippen LogP contribution is 2.51. The average molecular weight is 645 g/mol. The Morgan fingerprint density at radius 3 is 1.43 bits per heavy atom. The molecule has 1 aromatic heterocycles. The molecule has 9 aromatic rings. The van der Waals surface area contributed by atoms with Crippen molar-refractivity contribution in [2.24, 2.45) is 0 Å². The van der Waals surface area contributed by atoms with Gasteiger partial charge in [0.25, 0.3) is 0 Å². The molecule has 0 bridgehead atoms. The van der Waals surface area contributed by atoms with Crippen molar-refractivity contribution >= 4 is 76.4 Å². The van der Waals surface area contributed by atoms with Crippen LogP contribution < -0.4 is 9.80 Å². The molecular formula is C46H32N2S. The van der Waals surface area contributed by atoms with Crippen LogP contribution in [0.4, 0.5) is 34.1 Å². The third-order valence-corrected chi connectivity index (χ3v) is 10.4. The van der Waals surface area contributed by atoms with Crippen LogP contribution in [0.1, 0.15) is 0 Å². The first kappa shape index (κ1) is 29.0. The van der Waals surface area contributed by atoms with Gasteiger partial charge >= 0.3 is 0 Å². The van der Waals surface area contributed by atoms with Crippen molar-refractivity contribution in [3.63, 3.8) is 0 Å². The minimum Gasteiger partial charge on any atom is -0.310 e. The maximum Gasteiger partial charge on any atom is 0.0641 e. The molecule has 232 valence electrons. The minimum atomic E-state index is 1.12. The molecule has 0 N–H and O–H groups in total. The van der Waals surface area contributed by atoms with E-state index in [2.05, 4.69) is 204 Å². The van der Waals surface area contributed by atoms with Gasteiger partial charge in [0.2, 0.25) is 0 Å². The molecule has 0 saturated carbocycles. The van der Waals surface area contributed by atoms with Crippen LogP contribution in [0.3, 0.4) is 0 Å². The lowest BCUT2D eigenvalue weighted by atomic mass is 10.0. The number of anilines is 6. The molecule has 0 spiro atoms. The van der Waals surface area contributed by atoms with Crippen LogP contribution in [0.5, 0.6) is 0 Å². The number of thiophene rings is 1. The molecule has 0 fully saturated rings. The predicted octanol–water partition coefficient (Wildman–Crippen LogP) is 13.8. The van der Waals surface area contributed by atoms with E-state index in [-0.39, 0.29) is 0 Å². The average Bonchev–Trinajstić information content (AvgIpc) is 3.55. The fourth-order valence-corrected chi connectivity index (χ4v) is 8.19. The molecule has 0 radical (unpaired) electrons. The Labute approximate surface area is 290 Å². The Morgan fingerprint density at radius 2 is 0.816 bits per heavy atom. The topological polar surface area (TPSA) is 6.48 Å². The van der Waals surface area contributed by atoms with Gasteiger partial charge in [-0.1, -0.05) is 121 Å². The summed E-state index contributed by atoms with van der Waals surface area (Å²) in [5.74, 6) is 0. The van der Waals surface area contributed by atoms with E-state index in [1.807, 2.05) is 11.3 Å². The summed E-state index contributed by atoms with van der Waals surface area (Å²) in [5.41, 5.74) is 9.18. The van der Waals surface area contributed by atoms with Gasteiger partial charge in [-0.3, -0.25) is 0 Å². The number of hydrogen-bond donors (Lipinski definition) is 0. The summed E-state index contributed by atoms with van der Waals surface area (Å²) in [6.45, 7) is 0. The van der Waals surface area contributed by atoms with Crippen LogP contribution in [-0.4, -0.2) is 0 Å². The molecule has 2 nitrogen and oxygen atoms in total. The van der Waals surface area contributed by atoms with E-state index in [0.717, 1.165) is 34.1 Å². The number of benzene rings is 8. The van der Waals surface area contributed by atoms with Gasteiger partial charge in [-0.15, -0.1) is 11.3 Å². The largest absolute Gasteiger partial charge is 0.310 e. The normalized spacial score (nSPS) is 11.3. The highest BCUT2D eigenvalue weighted by atomic mass is 32.1. The number of nitrogens with zero attached hydrogens (tertiary/aromatic N) is 2. The van der Waals surface area contributed by atoms with E-state index in [9.17, 15) is 0 Å². The summed E-state index contributed by atoms with van der Waals surface area (Å²) < 4.78 is 2.52. The molecular weight excluding hydrogens is 613 g/mol. The summed E-state index contributed by atoms with van der Waals surface area (Å²) in [7, 11) is 0. The molecule has 49 heavy (non-hydrogen) atoms. The summed E-state index contributed by atoms with van der Waals surface area (Å²) >= 11 is 1.87. The van der Waals surface area contributed by atoms with Crippen molar-refractivity contribution < 1.29 is 0 Å². The fraction of sp³-hybridized carbons (Fsp3) is 0. The molecule has 9 rings (SSSR count). The van der Waals surface area contributed by atoms with E-state index in [4.69, 9.17) is 0 Å². The third kappa shape index (κ3) is 5.31. The van der Waals surface area contributed by atoms with Crippen molar-refractivity contribution in [3.8, 4) is 11.1 Å². The van der Waals surface area contributed by atoms with E-state index < -0.39 is 0 Å². The standard InChI is InChI=1S/C46H32N2S/c1-5-16-33(17-6-1)34-20-15-27-40(30-34)48(39-25-11-4-12-26-39)43-29-28-42(47(37-21-7-2-8-22-37)38-23-9-3-10-24-38)45-41-31-35-18-13-14-19-36(35)32-44(41)49-46(43)45/h1-32H. The molecule has 8 aromatic carbocycles. The smallest absolute Gasteiger partial charge is 0.0641 e. The lowest BCUT2D eigenvalue weighted by Gasteiger charge is -2.30. The number of fused-ring (bicyclic) bond motifs is 4. The SMILES string of the molecule is c1ccc(-c2cccc(N(c3ccccc3)c3ccc(N(c4ccccc4)c4ccccc4)c4c3sc3cc5ccccc5cc34)c2)cc1. The Balaban J connectivity index is 1.36. The summed E-state index contributed by atoms with van der Waals surface area (Å²) in [4.78, 5) is 4.82. The van der Waals surface area contributed by atoms with Crippen molar-refractivity contribution in [2.75, 3.05) is 9.80 Å². The van der Waals surface area contributed by atoms with Crippen LogP contribution in [0.2, 0.25) is 0 Å². The highest BCUT2D eigenvalue weighted by Gasteiger charge is 2.24. The van der Waals surface area contributed by atoms with Gasteiger partial charge < -0.3 is 9.80 Å². The molecule has 3 heteroatoms. The maximum absolute atomic E-state index is 2.42. The van der Waals surface area contributed by atoms with Gasteiger partial charge in [-0.25, -0.2) is 0 Å². The van der Waals surface area contributed by atoms with Crippen molar-refractivity contribution in [1.29, 1.82) is 0 Å². The lowest BCUT2D eigenvalue weighted by Crippen LogP contribution is -2.12. The quantitative estimate of drug-likeness (QED) is 0.170. The number of rotatable bonds is 7. The van der Waals surface area contributed by atoms with Crippen LogP contribution in [-0.2, 0) is 0 Å². The summed E-state index contributed by atoms with van der Waals surface area (Å²) in [6, 6.07) is 69.8. The van der Waals surface area contributed by atoms with Gasteiger partial charge in [-0.2, -0.15) is 0 Å². The van der Waals surface area contributed by atoms with Crippen molar-refractivity contribution in [3.05, 3.63) is 194 Å². The Hall–Kier alpha value is -6.16. The molecule has 0 atom stereocenters. The van der Waals surface area contributed by atoms with Crippen LogP contribution >= 0.6 is 11.3 Å². The monoisotopic (exact) mass is 644 g/mol. The van der Waals surface area contributed by atoms with E-state index in [1.165, 1.54) is 42.1 Å². The zero-order valence-corrected chi connectivity index (χ0v) is 27.6. The first-order valence-electron chi connectivity index (χ1n) is 16.6. The van der Waals surface area contributed by atoms with Gasteiger partial charge in [0, 0.05) is 38.2 Å². The Bertz CT molecular complexity index is 2500. The van der Waals surface area contributed by atoms with Crippen LogP contribution in [0.25, 0.3) is 42.1 Å². The minimum absolute atomic E-state index is 1.12. The second-order valence-electron chi connectivity index (χ2n) is 12.2. The molecule has 0 saturated heterocycles. The third-order valence-electron chi connectivity index (χ3n) is 9.18. The number of para-hydroxylation sites is 3. The molecule has 1 heterocycles. The van der Waals surface area contributed by atoms with Crippen molar-refractivity contribution in [1.82, 2.24) is 0 Å². The Morgan fingerprint density at radius 1 is 0.347 bits per heavy atom. The number of hydrogen-bond acceptors (Lipinski definition) is 3. The van der Waals surface area contributed by atoms with Crippen LogP contribution in [0.15, 0.2) is 194 Å². The highest BCUT2D eigenvalue weighted by molar-refractivity contribution is 7.26. The second kappa shape index (κ2) is 12.5. The molecule has 0 aliphatic heterocycles. The first-order chi connectivity index (χ1) is 24.3. The molecule has 0 amide bonds. The zero-order valence-electron chi connectivity index (χ0n) is 26.8. The fourth-order valence-electron chi connectivity index (χ4n) is 6.94. The van der Waals surface area contributed by atoms with Gasteiger partial charge in [0.15, 0.2) is 0 Å². The van der Waals surface area contributed by atoms with E-state index >= 15 is 0 Å². The molecule has 0 aliphatic carbocycles. The van der Waals surface area contributed by atoms with Crippen LogP contribution in [0, 0.1) is 0 Å². The predicted molar refractivity (Wildman–Crippen MR) is 212 cm³/mol. The van der Waals surface area contributed by atoms with Gasteiger partial charge in [0.05, 0.1) is 16.1 Å². The maximum atomic E-state index is 2.42. The molecule has 0 unspecified atom stereocenters. The second-order valence-corrected chi connectivity index (χ2v) is 13.3. The lowest BCUT2D eigenvalue weighted by molar-refractivity contribution is 1.28. The zero-order chi connectivity index (χ0) is 32.6. The summed E-state index contributed by atoms with van der Waals surface area (Å²) in [5, 5.41) is 5.00. The van der Waals surface area contributed by atoms with Gasteiger partial charge in [-0.05, 0) is 94.7 Å². The van der Waals surface area contributed by atoms with E-state index in [0.29, 0.717) is 0 Å². The van der Waals surface area contributed by atoms with E-state index in [1.54, 1.807) is 0 Å². The molecule has 0 aliphatic rings. The summed E-state index contributed by atoms with van der Waals surface area (Å²) in [6.07, 6.45) is 0. The first-order valence-corrected chi connectivity index (χ1v) is 17.4. The Kier molecular flexibility index (Phi) is 7.38. The van der Waals surface area contributed by atoms with Gasteiger partial charge in [0.1, 0.15) is 0 Å².